The molecule has 0 spiro atoms. The van der Waals surface area contributed by atoms with Crippen molar-refractivity contribution in [2.45, 2.75) is 33.2 Å². The van der Waals surface area contributed by atoms with E-state index in [0.29, 0.717) is 12.3 Å². The summed E-state index contributed by atoms with van der Waals surface area (Å²) >= 11 is 0. The Morgan fingerprint density at radius 3 is 2.36 bits per heavy atom. The van der Waals surface area contributed by atoms with Gasteiger partial charge in [-0.25, -0.2) is 0 Å². The van der Waals surface area contributed by atoms with Crippen molar-refractivity contribution in [1.29, 1.82) is 0 Å². The van der Waals surface area contributed by atoms with Gasteiger partial charge in [-0.3, -0.25) is 4.79 Å². The molecular formula is C9H17NO. The summed E-state index contributed by atoms with van der Waals surface area (Å²) in [7, 11) is 0. The maximum Gasteiger partial charge on any atom is 0.145 e. The molecule has 0 heterocycles. The zero-order valence-electron chi connectivity index (χ0n) is 7.50. The lowest BCUT2D eigenvalue weighted by Crippen LogP contribution is -2.26. The Bertz CT molecular complexity index is 150. The van der Waals surface area contributed by atoms with Crippen molar-refractivity contribution >= 4 is 6.29 Å². The molecule has 2 heteroatoms. The lowest BCUT2D eigenvalue weighted by Gasteiger charge is -2.14. The van der Waals surface area contributed by atoms with Crippen LogP contribution < -0.4 is 5.73 Å². The number of hydrogen-bond acceptors (Lipinski definition) is 2. The summed E-state index contributed by atoms with van der Waals surface area (Å²) in [6.45, 7) is 5.97. The van der Waals surface area contributed by atoms with Crippen molar-refractivity contribution in [2.24, 2.45) is 11.7 Å². The van der Waals surface area contributed by atoms with Crippen molar-refractivity contribution in [2.75, 3.05) is 0 Å². The molecule has 0 aromatic rings. The minimum Gasteiger partial charge on any atom is -0.327 e. The third-order valence-electron chi connectivity index (χ3n) is 1.85. The largest absolute Gasteiger partial charge is 0.327 e. The Kier molecular flexibility index (Phi) is 4.79. The molecule has 2 N–H and O–H groups in total. The molecule has 0 aliphatic heterocycles. The van der Waals surface area contributed by atoms with E-state index >= 15 is 0 Å². The molecule has 0 bridgehead atoms. The van der Waals surface area contributed by atoms with E-state index in [2.05, 4.69) is 13.8 Å². The third-order valence-corrected chi connectivity index (χ3v) is 1.85. The highest BCUT2D eigenvalue weighted by atomic mass is 16.1. The maximum atomic E-state index is 10.4. The van der Waals surface area contributed by atoms with Crippen LogP contribution in [0.2, 0.25) is 0 Å². The molecule has 0 rings (SSSR count). The monoisotopic (exact) mass is 155 g/mol. The van der Waals surface area contributed by atoms with Gasteiger partial charge in [0.05, 0.1) is 0 Å². The number of hydrogen-bond donors (Lipinski definition) is 1. The summed E-state index contributed by atoms with van der Waals surface area (Å²) in [5.74, 6) is 0.435. The number of allylic oxidation sites excluding steroid dienone is 1. The molecule has 0 fully saturated rings. The first-order valence-corrected chi connectivity index (χ1v) is 3.97. The molecule has 2 nitrogen and oxygen atoms in total. The van der Waals surface area contributed by atoms with Crippen LogP contribution in [0.25, 0.3) is 0 Å². The first-order valence-electron chi connectivity index (χ1n) is 3.97. The summed E-state index contributed by atoms with van der Waals surface area (Å²) in [6, 6.07) is 0.103. The van der Waals surface area contributed by atoms with Gasteiger partial charge in [-0.1, -0.05) is 19.9 Å². The second kappa shape index (κ2) is 5.08. The van der Waals surface area contributed by atoms with E-state index in [4.69, 9.17) is 5.73 Å². The Morgan fingerprint density at radius 1 is 1.55 bits per heavy atom. The number of carbonyl (C=O) groups is 1. The molecule has 0 amide bonds. The summed E-state index contributed by atoms with van der Waals surface area (Å²) in [6.07, 6.45) is 3.38. The Hall–Kier alpha value is -0.630. The molecule has 1 atom stereocenters. The van der Waals surface area contributed by atoms with Crippen LogP contribution in [0.1, 0.15) is 27.2 Å². The van der Waals surface area contributed by atoms with Crippen molar-refractivity contribution in [3.05, 3.63) is 11.6 Å². The van der Waals surface area contributed by atoms with E-state index in [-0.39, 0.29) is 6.04 Å². The first kappa shape index (κ1) is 10.4. The number of carbonyl (C=O) groups excluding carboxylic acids is 1. The third kappa shape index (κ3) is 3.94. The molecule has 0 aliphatic carbocycles. The fraction of sp³-hybridized carbons (Fsp3) is 0.667. The zero-order valence-corrected chi connectivity index (χ0v) is 7.50. The molecule has 64 valence electrons. The summed E-state index contributed by atoms with van der Waals surface area (Å²) in [5, 5.41) is 0. The van der Waals surface area contributed by atoms with Crippen LogP contribution in [-0.2, 0) is 4.79 Å². The van der Waals surface area contributed by atoms with E-state index < -0.39 is 0 Å². The predicted molar refractivity (Wildman–Crippen MR) is 47.3 cm³/mol. The van der Waals surface area contributed by atoms with Crippen LogP contribution >= 0.6 is 0 Å². The lowest BCUT2D eigenvalue weighted by atomic mass is 9.98. The first-order chi connectivity index (χ1) is 5.11. The van der Waals surface area contributed by atoms with Gasteiger partial charge < -0.3 is 5.73 Å². The number of aldehydes is 1. The molecule has 0 radical (unpaired) electrons. The molecule has 0 aliphatic rings. The average Bonchev–Trinajstić information content (AvgIpc) is 1.99. The van der Waals surface area contributed by atoms with Crippen LogP contribution in [0.3, 0.4) is 0 Å². The number of nitrogens with two attached hydrogens (primary N) is 1. The van der Waals surface area contributed by atoms with Gasteiger partial charge in [0.15, 0.2) is 0 Å². The normalized spacial score (nSPS) is 15.2. The van der Waals surface area contributed by atoms with Gasteiger partial charge in [0.25, 0.3) is 0 Å². The quantitative estimate of drug-likeness (QED) is 0.494. The Balaban J connectivity index is 3.92. The van der Waals surface area contributed by atoms with Gasteiger partial charge in [0, 0.05) is 6.04 Å². The molecule has 0 saturated carbocycles. The van der Waals surface area contributed by atoms with Gasteiger partial charge in [0.2, 0.25) is 0 Å². The molecule has 0 aromatic heterocycles. The van der Waals surface area contributed by atoms with Crippen LogP contribution in [0, 0.1) is 5.92 Å². The minimum absolute atomic E-state index is 0.103. The zero-order chi connectivity index (χ0) is 8.85. The topological polar surface area (TPSA) is 43.1 Å². The van der Waals surface area contributed by atoms with Crippen LogP contribution in [0.15, 0.2) is 11.6 Å². The maximum absolute atomic E-state index is 10.4. The van der Waals surface area contributed by atoms with Gasteiger partial charge in [-0.05, 0) is 24.8 Å². The second-order valence-electron chi connectivity index (χ2n) is 3.09. The molecule has 0 aromatic carbocycles. The van der Waals surface area contributed by atoms with Crippen LogP contribution in [0.5, 0.6) is 0 Å². The van der Waals surface area contributed by atoms with Crippen molar-refractivity contribution in [1.82, 2.24) is 0 Å². The van der Waals surface area contributed by atoms with Gasteiger partial charge in [-0.2, -0.15) is 0 Å². The van der Waals surface area contributed by atoms with E-state index in [0.717, 1.165) is 11.9 Å². The molecule has 11 heavy (non-hydrogen) atoms. The predicted octanol–water partition coefficient (Wildman–Crippen LogP) is 1.50. The molecule has 1 unspecified atom stereocenters. The van der Waals surface area contributed by atoms with Gasteiger partial charge in [-0.15, -0.1) is 0 Å². The highest BCUT2D eigenvalue weighted by molar-refractivity contribution is 5.73. The van der Waals surface area contributed by atoms with E-state index in [1.807, 2.05) is 13.0 Å². The Labute approximate surface area is 68.5 Å². The van der Waals surface area contributed by atoms with Crippen LogP contribution in [0.4, 0.5) is 0 Å². The second-order valence-corrected chi connectivity index (χ2v) is 3.09. The summed E-state index contributed by atoms with van der Waals surface area (Å²) < 4.78 is 0. The smallest absolute Gasteiger partial charge is 0.145 e. The van der Waals surface area contributed by atoms with E-state index in [1.54, 1.807) is 0 Å². The number of rotatable bonds is 4. The average molecular weight is 155 g/mol. The lowest BCUT2D eigenvalue weighted by molar-refractivity contribution is -0.105. The fourth-order valence-electron chi connectivity index (χ4n) is 0.742. The SMILES string of the molecule is C/C=C(/C=O)CC(N)C(C)C. The highest BCUT2D eigenvalue weighted by Crippen LogP contribution is 2.08. The van der Waals surface area contributed by atoms with E-state index in [9.17, 15) is 4.79 Å². The Morgan fingerprint density at radius 2 is 2.09 bits per heavy atom. The van der Waals surface area contributed by atoms with Crippen LogP contribution in [-0.4, -0.2) is 12.3 Å². The van der Waals surface area contributed by atoms with Crippen molar-refractivity contribution < 1.29 is 4.79 Å². The fourth-order valence-corrected chi connectivity index (χ4v) is 0.742. The van der Waals surface area contributed by atoms with Gasteiger partial charge >= 0.3 is 0 Å². The minimum atomic E-state index is 0.103. The molecule has 0 saturated heterocycles. The van der Waals surface area contributed by atoms with E-state index in [1.165, 1.54) is 0 Å². The molecular weight excluding hydrogens is 138 g/mol. The highest BCUT2D eigenvalue weighted by Gasteiger charge is 2.08. The standard InChI is InChI=1S/C9H17NO/c1-4-8(6-11)5-9(10)7(2)3/h4,6-7,9H,5,10H2,1-3H3/b8-4+. The summed E-state index contributed by atoms with van der Waals surface area (Å²) in [5.41, 5.74) is 6.57. The summed E-state index contributed by atoms with van der Waals surface area (Å²) in [4.78, 5) is 10.4. The van der Waals surface area contributed by atoms with Gasteiger partial charge in [0.1, 0.15) is 6.29 Å². The van der Waals surface area contributed by atoms with Crippen molar-refractivity contribution in [3.63, 3.8) is 0 Å². The van der Waals surface area contributed by atoms with Crippen molar-refractivity contribution in [3.8, 4) is 0 Å².